The molecule has 0 bridgehead atoms. The lowest BCUT2D eigenvalue weighted by atomic mass is 10.0. The number of ether oxygens (including phenoxy) is 1. The summed E-state index contributed by atoms with van der Waals surface area (Å²) in [6, 6.07) is 4.00. The van der Waals surface area contributed by atoms with E-state index in [-0.39, 0.29) is 5.54 Å². The molecule has 1 aliphatic heterocycles. The van der Waals surface area contributed by atoms with Crippen molar-refractivity contribution in [2.75, 3.05) is 6.61 Å². The first kappa shape index (κ1) is 9.49. The maximum absolute atomic E-state index is 6.12. The standard InChI is InChI=1S/C12H14ClNO/c13-10-5-8-1-4-15-11(8)9(6-10)7-12(14)2-3-12/h5-6H,1-4,7,14H2. The molecular formula is C12H14ClNO. The number of halogens is 1. The number of hydrogen-bond acceptors (Lipinski definition) is 2. The van der Waals surface area contributed by atoms with Gasteiger partial charge in [0.05, 0.1) is 6.61 Å². The first-order valence-corrected chi connectivity index (χ1v) is 5.77. The van der Waals surface area contributed by atoms with Crippen LogP contribution in [0.25, 0.3) is 0 Å². The predicted molar refractivity (Wildman–Crippen MR) is 60.5 cm³/mol. The summed E-state index contributed by atoms with van der Waals surface area (Å²) in [6.45, 7) is 0.778. The maximum Gasteiger partial charge on any atom is 0.125 e. The van der Waals surface area contributed by atoms with Crippen molar-refractivity contribution < 1.29 is 4.74 Å². The summed E-state index contributed by atoms with van der Waals surface area (Å²) in [4.78, 5) is 0. The average molecular weight is 224 g/mol. The van der Waals surface area contributed by atoms with Gasteiger partial charge in [-0.05, 0) is 42.5 Å². The number of fused-ring (bicyclic) bond motifs is 1. The van der Waals surface area contributed by atoms with Crippen molar-refractivity contribution in [2.24, 2.45) is 5.73 Å². The third-order valence-electron chi connectivity index (χ3n) is 3.26. The van der Waals surface area contributed by atoms with Crippen LogP contribution in [0.5, 0.6) is 5.75 Å². The zero-order chi connectivity index (χ0) is 10.5. The second-order valence-corrected chi connectivity index (χ2v) is 5.13. The molecule has 1 aliphatic carbocycles. The molecule has 15 heavy (non-hydrogen) atoms. The van der Waals surface area contributed by atoms with Crippen LogP contribution in [0, 0.1) is 0 Å². The Morgan fingerprint density at radius 1 is 1.40 bits per heavy atom. The van der Waals surface area contributed by atoms with E-state index in [0.717, 1.165) is 43.1 Å². The normalized spacial score (nSPS) is 20.9. The van der Waals surface area contributed by atoms with Crippen molar-refractivity contribution in [1.29, 1.82) is 0 Å². The molecule has 0 radical (unpaired) electrons. The third-order valence-corrected chi connectivity index (χ3v) is 3.48. The molecule has 3 rings (SSSR count). The van der Waals surface area contributed by atoms with Crippen molar-refractivity contribution in [3.05, 3.63) is 28.3 Å². The molecule has 1 aromatic carbocycles. The molecule has 2 nitrogen and oxygen atoms in total. The van der Waals surface area contributed by atoms with Gasteiger partial charge in [-0.2, -0.15) is 0 Å². The molecule has 80 valence electrons. The van der Waals surface area contributed by atoms with E-state index in [2.05, 4.69) is 0 Å². The maximum atomic E-state index is 6.12. The smallest absolute Gasteiger partial charge is 0.125 e. The van der Waals surface area contributed by atoms with Gasteiger partial charge in [0, 0.05) is 17.0 Å². The van der Waals surface area contributed by atoms with E-state index in [1.54, 1.807) is 0 Å². The van der Waals surface area contributed by atoms with Gasteiger partial charge in [0.2, 0.25) is 0 Å². The molecule has 0 amide bonds. The van der Waals surface area contributed by atoms with Gasteiger partial charge in [-0.15, -0.1) is 0 Å². The lowest BCUT2D eigenvalue weighted by molar-refractivity contribution is 0.352. The van der Waals surface area contributed by atoms with Gasteiger partial charge in [-0.3, -0.25) is 0 Å². The molecule has 0 aromatic heterocycles. The Morgan fingerprint density at radius 2 is 2.20 bits per heavy atom. The molecule has 1 heterocycles. The van der Waals surface area contributed by atoms with E-state index in [9.17, 15) is 0 Å². The SMILES string of the molecule is NC1(Cc2cc(Cl)cc3c2OCC3)CC1. The first-order chi connectivity index (χ1) is 7.16. The predicted octanol–water partition coefficient (Wildman–Crippen LogP) is 2.31. The molecule has 0 unspecified atom stereocenters. The van der Waals surface area contributed by atoms with Crippen LogP contribution in [0.2, 0.25) is 5.02 Å². The quantitative estimate of drug-likeness (QED) is 0.835. The largest absolute Gasteiger partial charge is 0.493 e. The minimum atomic E-state index is 0.0183. The molecule has 1 fully saturated rings. The van der Waals surface area contributed by atoms with E-state index >= 15 is 0 Å². The van der Waals surface area contributed by atoms with E-state index in [0.29, 0.717) is 0 Å². The third kappa shape index (κ3) is 1.72. The van der Waals surface area contributed by atoms with Gasteiger partial charge in [-0.25, -0.2) is 0 Å². The zero-order valence-corrected chi connectivity index (χ0v) is 9.31. The molecule has 0 atom stereocenters. The van der Waals surface area contributed by atoms with Crippen LogP contribution >= 0.6 is 11.6 Å². The second kappa shape index (κ2) is 3.13. The number of hydrogen-bond donors (Lipinski definition) is 1. The molecule has 2 N–H and O–H groups in total. The summed E-state index contributed by atoms with van der Waals surface area (Å²) >= 11 is 6.08. The molecular weight excluding hydrogens is 210 g/mol. The van der Waals surface area contributed by atoms with Crippen LogP contribution in [-0.4, -0.2) is 12.1 Å². The van der Waals surface area contributed by atoms with Crippen LogP contribution in [0.4, 0.5) is 0 Å². The van der Waals surface area contributed by atoms with Gasteiger partial charge in [0.15, 0.2) is 0 Å². The Morgan fingerprint density at radius 3 is 2.93 bits per heavy atom. The van der Waals surface area contributed by atoms with E-state index in [4.69, 9.17) is 22.1 Å². The zero-order valence-electron chi connectivity index (χ0n) is 8.55. The summed E-state index contributed by atoms with van der Waals surface area (Å²) in [7, 11) is 0. The van der Waals surface area contributed by atoms with E-state index in [1.807, 2.05) is 12.1 Å². The van der Waals surface area contributed by atoms with Gasteiger partial charge in [-0.1, -0.05) is 11.6 Å². The van der Waals surface area contributed by atoms with Gasteiger partial charge >= 0.3 is 0 Å². The summed E-state index contributed by atoms with van der Waals surface area (Å²) in [5.74, 6) is 1.04. The highest BCUT2D eigenvalue weighted by atomic mass is 35.5. The minimum Gasteiger partial charge on any atom is -0.493 e. The fourth-order valence-electron chi connectivity index (χ4n) is 2.19. The monoisotopic (exact) mass is 223 g/mol. The summed E-state index contributed by atoms with van der Waals surface area (Å²) in [6.07, 6.45) is 4.11. The van der Waals surface area contributed by atoms with Crippen molar-refractivity contribution in [3.63, 3.8) is 0 Å². The molecule has 0 spiro atoms. The fourth-order valence-corrected chi connectivity index (χ4v) is 2.46. The molecule has 1 saturated carbocycles. The Hall–Kier alpha value is -0.730. The van der Waals surface area contributed by atoms with Crippen molar-refractivity contribution in [2.45, 2.75) is 31.2 Å². The van der Waals surface area contributed by atoms with Crippen LogP contribution in [0.1, 0.15) is 24.0 Å². The lowest BCUT2D eigenvalue weighted by Gasteiger charge is -2.12. The highest BCUT2D eigenvalue weighted by molar-refractivity contribution is 6.30. The van der Waals surface area contributed by atoms with E-state index < -0.39 is 0 Å². The highest BCUT2D eigenvalue weighted by Gasteiger charge is 2.39. The van der Waals surface area contributed by atoms with Crippen LogP contribution < -0.4 is 10.5 Å². The van der Waals surface area contributed by atoms with Gasteiger partial charge < -0.3 is 10.5 Å². The van der Waals surface area contributed by atoms with Crippen LogP contribution in [0.3, 0.4) is 0 Å². The molecule has 2 aliphatic rings. The number of benzene rings is 1. The fraction of sp³-hybridized carbons (Fsp3) is 0.500. The Labute approximate surface area is 94.4 Å². The van der Waals surface area contributed by atoms with Gasteiger partial charge in [0.25, 0.3) is 0 Å². The highest BCUT2D eigenvalue weighted by Crippen LogP contribution is 2.41. The Bertz CT molecular complexity index is 412. The lowest BCUT2D eigenvalue weighted by Crippen LogP contribution is -2.24. The van der Waals surface area contributed by atoms with Crippen LogP contribution in [-0.2, 0) is 12.8 Å². The van der Waals surface area contributed by atoms with Crippen molar-refractivity contribution >= 4 is 11.6 Å². The van der Waals surface area contributed by atoms with E-state index in [1.165, 1.54) is 11.1 Å². The summed E-state index contributed by atoms with van der Waals surface area (Å²) in [5, 5.41) is 0.804. The first-order valence-electron chi connectivity index (χ1n) is 5.39. The topological polar surface area (TPSA) is 35.2 Å². The summed E-state index contributed by atoms with van der Waals surface area (Å²) in [5.41, 5.74) is 8.57. The van der Waals surface area contributed by atoms with Gasteiger partial charge in [0.1, 0.15) is 5.75 Å². The molecule has 0 saturated heterocycles. The Balaban J connectivity index is 1.99. The van der Waals surface area contributed by atoms with Crippen LogP contribution in [0.15, 0.2) is 12.1 Å². The second-order valence-electron chi connectivity index (χ2n) is 4.69. The average Bonchev–Trinajstić information content (AvgIpc) is 2.73. The molecule has 3 heteroatoms. The van der Waals surface area contributed by atoms with Crippen molar-refractivity contribution in [1.82, 2.24) is 0 Å². The molecule has 1 aromatic rings. The minimum absolute atomic E-state index is 0.0183. The number of rotatable bonds is 2. The number of nitrogens with two attached hydrogens (primary N) is 1. The summed E-state index contributed by atoms with van der Waals surface area (Å²) < 4.78 is 5.64. The Kier molecular flexibility index (Phi) is 1.98. The van der Waals surface area contributed by atoms with Crippen molar-refractivity contribution in [3.8, 4) is 5.75 Å².